The Morgan fingerprint density at radius 1 is 1.41 bits per heavy atom. The number of imidazole rings is 1. The van der Waals surface area contributed by atoms with E-state index in [0.717, 1.165) is 0 Å². The zero-order chi connectivity index (χ0) is 18.7. The summed E-state index contributed by atoms with van der Waals surface area (Å²) in [6.07, 6.45) is 2.21. The van der Waals surface area contributed by atoms with E-state index >= 15 is 0 Å². The molecule has 0 unspecified atom stereocenters. The van der Waals surface area contributed by atoms with Crippen molar-refractivity contribution in [2.75, 3.05) is 11.1 Å². The van der Waals surface area contributed by atoms with Gasteiger partial charge in [-0.2, -0.15) is 10.2 Å². The van der Waals surface area contributed by atoms with E-state index in [1.807, 2.05) is 0 Å². The first-order chi connectivity index (χ1) is 13.0. The second kappa shape index (κ2) is 5.47. The maximum atomic E-state index is 14.1. The lowest BCUT2D eigenvalue weighted by Gasteiger charge is -2.08. The van der Waals surface area contributed by atoms with E-state index in [1.165, 1.54) is 16.8 Å². The zero-order valence-electron chi connectivity index (χ0n) is 13.8. The number of carbonyl (C=O) groups is 1. The van der Waals surface area contributed by atoms with Gasteiger partial charge in [-0.3, -0.25) is 9.89 Å². The molecule has 1 aromatic carbocycles. The number of carbonyl (C=O) groups excluding carboxylic acids is 1. The summed E-state index contributed by atoms with van der Waals surface area (Å²) < 4.78 is 28.6. The molecule has 1 amide bonds. The van der Waals surface area contributed by atoms with Crippen molar-refractivity contribution >= 4 is 34.0 Å². The largest absolute Gasteiger partial charge is 0.396 e. The van der Waals surface area contributed by atoms with E-state index in [2.05, 4.69) is 25.6 Å². The molecule has 1 fully saturated rings. The summed E-state index contributed by atoms with van der Waals surface area (Å²) in [6, 6.07) is 4.61. The average molecular weight is 369 g/mol. The highest BCUT2D eigenvalue weighted by atomic mass is 19.1. The summed E-state index contributed by atoms with van der Waals surface area (Å²) >= 11 is 0. The number of nitrogen functional groups attached to an aromatic ring is 1. The number of amides is 1. The summed E-state index contributed by atoms with van der Waals surface area (Å²) in [5.41, 5.74) is 7.71. The predicted molar refractivity (Wildman–Crippen MR) is 94.1 cm³/mol. The van der Waals surface area contributed by atoms with Gasteiger partial charge in [0.05, 0.1) is 35.2 Å². The van der Waals surface area contributed by atoms with Gasteiger partial charge in [-0.1, -0.05) is 0 Å². The summed E-state index contributed by atoms with van der Waals surface area (Å²) in [5, 5.41) is 14.3. The van der Waals surface area contributed by atoms with Gasteiger partial charge in [0.25, 0.3) is 0 Å². The number of fused-ring (bicyclic) bond motifs is 2. The fourth-order valence-electron chi connectivity index (χ4n) is 3.08. The van der Waals surface area contributed by atoms with Crippen LogP contribution < -0.4 is 11.1 Å². The number of aromatic amines is 1. The van der Waals surface area contributed by atoms with E-state index in [0.29, 0.717) is 27.8 Å². The first-order valence-electron chi connectivity index (χ1n) is 8.24. The average Bonchev–Trinajstić information content (AvgIpc) is 3.02. The normalized spacial score (nSPS) is 18.9. The minimum Gasteiger partial charge on any atom is -0.396 e. The number of alkyl halides is 1. The molecule has 3 heterocycles. The van der Waals surface area contributed by atoms with Crippen molar-refractivity contribution in [1.29, 1.82) is 0 Å². The Hall–Kier alpha value is -3.56. The number of hydrogen-bond donors (Lipinski definition) is 3. The van der Waals surface area contributed by atoms with Crippen LogP contribution in [0.1, 0.15) is 6.42 Å². The lowest BCUT2D eigenvalue weighted by molar-refractivity contribution is -0.117. The molecule has 2 atom stereocenters. The van der Waals surface area contributed by atoms with Crippen LogP contribution in [-0.4, -0.2) is 36.9 Å². The monoisotopic (exact) mass is 369 g/mol. The van der Waals surface area contributed by atoms with Crippen molar-refractivity contribution in [2.45, 2.75) is 12.6 Å². The molecule has 3 aromatic heterocycles. The van der Waals surface area contributed by atoms with Gasteiger partial charge >= 0.3 is 0 Å². The summed E-state index contributed by atoms with van der Waals surface area (Å²) in [7, 11) is 0. The maximum absolute atomic E-state index is 14.1. The second-order valence-corrected chi connectivity index (χ2v) is 6.47. The molecule has 0 spiro atoms. The summed E-state index contributed by atoms with van der Waals surface area (Å²) in [5.74, 6) is -1.32. The molecule has 8 nitrogen and oxygen atoms in total. The van der Waals surface area contributed by atoms with E-state index in [-0.39, 0.29) is 17.9 Å². The third-order valence-corrected chi connectivity index (χ3v) is 4.61. The molecule has 5 rings (SSSR count). The lowest BCUT2D eigenvalue weighted by atomic mass is 10.0. The Bertz CT molecular complexity index is 1210. The number of benzene rings is 1. The Labute approximate surface area is 150 Å². The molecule has 0 saturated heterocycles. The molecule has 1 saturated carbocycles. The van der Waals surface area contributed by atoms with Crippen molar-refractivity contribution in [2.24, 2.45) is 5.92 Å². The van der Waals surface area contributed by atoms with Gasteiger partial charge in [0.2, 0.25) is 5.91 Å². The minimum absolute atomic E-state index is 0.0351. The number of H-pyrrole nitrogens is 1. The van der Waals surface area contributed by atoms with Gasteiger partial charge in [-0.05, 0) is 18.6 Å². The number of nitrogens with one attached hydrogen (secondary N) is 2. The highest BCUT2D eigenvalue weighted by Crippen LogP contribution is 2.35. The van der Waals surface area contributed by atoms with Crippen LogP contribution in [0.2, 0.25) is 0 Å². The van der Waals surface area contributed by atoms with Gasteiger partial charge in [0.1, 0.15) is 12.0 Å². The van der Waals surface area contributed by atoms with Gasteiger partial charge < -0.3 is 11.1 Å². The number of anilines is 2. The van der Waals surface area contributed by atoms with Gasteiger partial charge in [-0.25, -0.2) is 18.3 Å². The SMILES string of the molecule is Nc1c(F)cc2[nH]ncc2c1-c1ccc2nc(NC(=O)[C@@H]3C[C@@H]3F)cn2n1. The molecule has 0 aliphatic heterocycles. The van der Waals surface area contributed by atoms with Crippen LogP contribution in [0, 0.1) is 11.7 Å². The topological polar surface area (TPSA) is 114 Å². The van der Waals surface area contributed by atoms with Crippen molar-refractivity contribution in [3.05, 3.63) is 36.4 Å². The van der Waals surface area contributed by atoms with Crippen LogP contribution in [0.3, 0.4) is 0 Å². The van der Waals surface area contributed by atoms with E-state index in [4.69, 9.17) is 5.73 Å². The molecule has 27 heavy (non-hydrogen) atoms. The standard InChI is InChI=1S/C17H13F2N7O/c18-9-3-7(9)17(27)23-13-6-26-14(22-13)2-1-11(25-26)15-8-5-21-24-12(8)4-10(19)16(15)20/h1-2,4-7,9H,3,20H2,(H,21,24)(H,23,27)/t7-,9+/m1/s1. The molecule has 10 heteroatoms. The highest BCUT2D eigenvalue weighted by Gasteiger charge is 2.43. The first-order valence-corrected chi connectivity index (χ1v) is 8.24. The molecular weight excluding hydrogens is 356 g/mol. The number of rotatable bonds is 3. The number of aromatic nitrogens is 5. The smallest absolute Gasteiger partial charge is 0.231 e. The first kappa shape index (κ1) is 15.7. The molecule has 1 aliphatic rings. The summed E-state index contributed by atoms with van der Waals surface area (Å²) in [6.45, 7) is 0. The molecule has 0 bridgehead atoms. The van der Waals surface area contributed by atoms with Crippen LogP contribution in [0.15, 0.2) is 30.6 Å². The van der Waals surface area contributed by atoms with Crippen LogP contribution in [0.25, 0.3) is 27.8 Å². The van der Waals surface area contributed by atoms with E-state index < -0.39 is 23.8 Å². The fourth-order valence-corrected chi connectivity index (χ4v) is 3.08. The number of nitrogens with two attached hydrogens (primary N) is 1. The molecule has 0 radical (unpaired) electrons. The van der Waals surface area contributed by atoms with E-state index in [1.54, 1.807) is 18.3 Å². The third kappa shape index (κ3) is 2.48. The molecule has 1 aliphatic carbocycles. The van der Waals surface area contributed by atoms with Crippen LogP contribution >= 0.6 is 0 Å². The Balaban J connectivity index is 1.56. The second-order valence-electron chi connectivity index (χ2n) is 6.47. The molecule has 4 aromatic rings. The van der Waals surface area contributed by atoms with Crippen LogP contribution in [0.5, 0.6) is 0 Å². The van der Waals surface area contributed by atoms with E-state index in [9.17, 15) is 13.6 Å². The molecule has 136 valence electrons. The minimum atomic E-state index is -1.08. The molecule has 4 N–H and O–H groups in total. The van der Waals surface area contributed by atoms with Crippen LogP contribution in [-0.2, 0) is 4.79 Å². The van der Waals surface area contributed by atoms with Gasteiger partial charge in [0.15, 0.2) is 11.5 Å². The summed E-state index contributed by atoms with van der Waals surface area (Å²) in [4.78, 5) is 16.1. The third-order valence-electron chi connectivity index (χ3n) is 4.61. The van der Waals surface area contributed by atoms with Crippen LogP contribution in [0.4, 0.5) is 20.3 Å². The van der Waals surface area contributed by atoms with Crippen molar-refractivity contribution < 1.29 is 13.6 Å². The predicted octanol–water partition coefficient (Wildman–Crippen LogP) is 2.29. The Morgan fingerprint density at radius 2 is 2.22 bits per heavy atom. The number of nitrogens with zero attached hydrogens (tertiary/aromatic N) is 4. The quantitative estimate of drug-likeness (QED) is 0.480. The van der Waals surface area contributed by atoms with Crippen molar-refractivity contribution in [3.8, 4) is 11.3 Å². The molecular formula is C17H13F2N7O. The van der Waals surface area contributed by atoms with Gasteiger partial charge in [-0.15, -0.1) is 0 Å². The lowest BCUT2D eigenvalue weighted by Crippen LogP contribution is -2.15. The highest BCUT2D eigenvalue weighted by molar-refractivity contribution is 5.99. The Kier molecular flexibility index (Phi) is 3.17. The number of hydrogen-bond acceptors (Lipinski definition) is 5. The Morgan fingerprint density at radius 3 is 3.00 bits per heavy atom. The number of halogens is 2. The zero-order valence-corrected chi connectivity index (χ0v) is 13.8. The van der Waals surface area contributed by atoms with Gasteiger partial charge in [0, 0.05) is 17.0 Å². The van der Waals surface area contributed by atoms with Crippen molar-refractivity contribution in [1.82, 2.24) is 24.8 Å². The maximum Gasteiger partial charge on any atom is 0.231 e. The fraction of sp³-hybridized carbons (Fsp3) is 0.176. The van der Waals surface area contributed by atoms with Crippen molar-refractivity contribution in [3.63, 3.8) is 0 Å².